The fraction of sp³-hybridized carbons (Fsp3) is 0.526. The maximum absolute atomic E-state index is 12.3. The highest BCUT2D eigenvalue weighted by molar-refractivity contribution is 7.99. The van der Waals surface area contributed by atoms with Gasteiger partial charge in [-0.1, -0.05) is 30.7 Å². The van der Waals surface area contributed by atoms with Crippen LogP contribution in [0.4, 0.5) is 0 Å². The van der Waals surface area contributed by atoms with Crippen LogP contribution in [0.1, 0.15) is 56.0 Å². The summed E-state index contributed by atoms with van der Waals surface area (Å²) < 4.78 is 11.1. The molecule has 1 saturated carbocycles. The van der Waals surface area contributed by atoms with Gasteiger partial charge in [-0.05, 0) is 37.5 Å². The van der Waals surface area contributed by atoms with Gasteiger partial charge >= 0.3 is 0 Å². The minimum Gasteiger partial charge on any atom is -0.486 e. The molecule has 1 fully saturated rings. The van der Waals surface area contributed by atoms with Gasteiger partial charge in [-0.15, -0.1) is 5.10 Å². The largest absolute Gasteiger partial charge is 0.486 e. The third-order valence-corrected chi connectivity index (χ3v) is 5.85. The lowest BCUT2D eigenvalue weighted by Crippen LogP contribution is -2.28. The highest BCUT2D eigenvalue weighted by Gasteiger charge is 2.21. The fourth-order valence-corrected chi connectivity index (χ4v) is 4.15. The van der Waals surface area contributed by atoms with Crippen LogP contribution in [0.2, 0.25) is 0 Å². The van der Waals surface area contributed by atoms with Crippen molar-refractivity contribution in [2.75, 3.05) is 19.0 Å². The number of carbonyl (C=O) groups is 1. The number of rotatable bonds is 6. The van der Waals surface area contributed by atoms with Crippen molar-refractivity contribution in [3.8, 4) is 11.5 Å². The van der Waals surface area contributed by atoms with E-state index in [4.69, 9.17) is 9.47 Å². The zero-order chi connectivity index (χ0) is 18.6. The Balaban J connectivity index is 1.29. The number of H-pyrrole nitrogens is 1. The number of amides is 1. The molecule has 0 spiro atoms. The maximum Gasteiger partial charge on any atom is 0.230 e. The summed E-state index contributed by atoms with van der Waals surface area (Å²) >= 11 is 1.36. The summed E-state index contributed by atoms with van der Waals surface area (Å²) in [7, 11) is 0. The van der Waals surface area contributed by atoms with E-state index >= 15 is 0 Å². The van der Waals surface area contributed by atoms with Gasteiger partial charge in [0.15, 0.2) is 11.5 Å². The lowest BCUT2D eigenvalue weighted by molar-refractivity contribution is -0.119. The van der Waals surface area contributed by atoms with Crippen LogP contribution in [0, 0.1) is 0 Å². The summed E-state index contributed by atoms with van der Waals surface area (Å²) in [4.78, 5) is 16.8. The molecule has 1 amide bonds. The second kappa shape index (κ2) is 8.21. The van der Waals surface area contributed by atoms with Gasteiger partial charge in [-0.2, -0.15) is 0 Å². The first-order valence-corrected chi connectivity index (χ1v) is 10.4. The van der Waals surface area contributed by atoms with Crippen molar-refractivity contribution < 1.29 is 14.3 Å². The molecule has 0 saturated heterocycles. The summed E-state index contributed by atoms with van der Waals surface area (Å²) in [5, 5.41) is 10.9. The number of nitrogens with zero attached hydrogens (tertiary/aromatic N) is 2. The molecule has 1 aliphatic carbocycles. The maximum atomic E-state index is 12.3. The molecule has 144 valence electrons. The first kappa shape index (κ1) is 18.2. The number of benzene rings is 1. The molecule has 27 heavy (non-hydrogen) atoms. The van der Waals surface area contributed by atoms with Gasteiger partial charge in [0, 0.05) is 5.92 Å². The van der Waals surface area contributed by atoms with Gasteiger partial charge in [-0.3, -0.25) is 9.89 Å². The summed E-state index contributed by atoms with van der Waals surface area (Å²) in [6.07, 6.45) is 4.86. The smallest absolute Gasteiger partial charge is 0.230 e. The van der Waals surface area contributed by atoms with E-state index in [2.05, 4.69) is 20.5 Å². The predicted molar refractivity (Wildman–Crippen MR) is 102 cm³/mol. The van der Waals surface area contributed by atoms with Crippen molar-refractivity contribution >= 4 is 17.7 Å². The van der Waals surface area contributed by atoms with E-state index < -0.39 is 0 Å². The van der Waals surface area contributed by atoms with Crippen LogP contribution >= 0.6 is 11.8 Å². The number of nitrogens with one attached hydrogen (secondary N) is 2. The monoisotopic (exact) mass is 388 g/mol. The third kappa shape index (κ3) is 4.37. The number of ether oxygens (including phenoxy) is 2. The molecule has 0 radical (unpaired) electrons. The Morgan fingerprint density at radius 2 is 2.07 bits per heavy atom. The lowest BCUT2D eigenvalue weighted by Gasteiger charge is -2.21. The standard InChI is InChI=1S/C19H24N4O3S/c1-12(14-6-7-15-16(10-14)26-9-8-25-15)20-17(24)11-27-19-21-18(22-23-19)13-4-2-3-5-13/h6-7,10,12-13H,2-5,8-9,11H2,1H3,(H,20,24)(H,21,22,23). The Morgan fingerprint density at radius 3 is 2.89 bits per heavy atom. The van der Waals surface area contributed by atoms with Gasteiger partial charge in [-0.25, -0.2) is 4.98 Å². The number of hydrogen-bond donors (Lipinski definition) is 2. The average molecular weight is 388 g/mol. The van der Waals surface area contributed by atoms with Crippen LogP contribution in [0.3, 0.4) is 0 Å². The number of aromatic amines is 1. The van der Waals surface area contributed by atoms with Crippen molar-refractivity contribution in [1.29, 1.82) is 0 Å². The lowest BCUT2D eigenvalue weighted by atomic mass is 10.1. The van der Waals surface area contributed by atoms with E-state index in [9.17, 15) is 4.79 Å². The van der Waals surface area contributed by atoms with Crippen molar-refractivity contribution in [1.82, 2.24) is 20.5 Å². The minimum absolute atomic E-state index is 0.0467. The number of fused-ring (bicyclic) bond motifs is 1. The van der Waals surface area contributed by atoms with Crippen molar-refractivity contribution in [2.24, 2.45) is 0 Å². The van der Waals surface area contributed by atoms with Gasteiger partial charge in [0.25, 0.3) is 0 Å². The van der Waals surface area contributed by atoms with Gasteiger partial charge in [0.1, 0.15) is 19.0 Å². The minimum atomic E-state index is -0.116. The van der Waals surface area contributed by atoms with Crippen LogP contribution in [0.5, 0.6) is 11.5 Å². The first-order chi connectivity index (χ1) is 13.2. The molecule has 2 N–H and O–H groups in total. The first-order valence-electron chi connectivity index (χ1n) is 9.43. The Bertz CT molecular complexity index is 804. The number of carbonyl (C=O) groups excluding carboxylic acids is 1. The summed E-state index contributed by atoms with van der Waals surface area (Å²) in [6.45, 7) is 3.08. The highest BCUT2D eigenvalue weighted by atomic mass is 32.2. The predicted octanol–water partition coefficient (Wildman–Crippen LogP) is 3.20. The van der Waals surface area contributed by atoms with Gasteiger partial charge in [0.2, 0.25) is 11.1 Å². The van der Waals surface area contributed by atoms with E-state index in [-0.39, 0.29) is 17.7 Å². The van der Waals surface area contributed by atoms with Crippen LogP contribution in [-0.4, -0.2) is 40.1 Å². The topological polar surface area (TPSA) is 89.1 Å². The van der Waals surface area contributed by atoms with Crippen LogP contribution in [-0.2, 0) is 4.79 Å². The van der Waals surface area contributed by atoms with E-state index in [1.807, 2.05) is 25.1 Å². The summed E-state index contributed by atoms with van der Waals surface area (Å²) in [5.74, 6) is 3.18. The molecule has 2 aliphatic rings. The zero-order valence-corrected chi connectivity index (χ0v) is 16.2. The molecule has 2 aromatic rings. The molecule has 1 aromatic carbocycles. The molecule has 1 atom stereocenters. The Labute approximate surface area is 162 Å². The molecule has 0 bridgehead atoms. The molecule has 1 aromatic heterocycles. The quantitative estimate of drug-likeness (QED) is 0.739. The average Bonchev–Trinajstić information content (AvgIpc) is 3.37. The highest BCUT2D eigenvalue weighted by Crippen LogP contribution is 2.33. The Kier molecular flexibility index (Phi) is 5.52. The van der Waals surface area contributed by atoms with Gasteiger partial charge in [0.05, 0.1) is 11.8 Å². The zero-order valence-electron chi connectivity index (χ0n) is 15.4. The molecule has 4 rings (SSSR count). The van der Waals surface area contributed by atoms with Crippen LogP contribution < -0.4 is 14.8 Å². The Morgan fingerprint density at radius 1 is 1.30 bits per heavy atom. The molecular formula is C19H24N4O3S. The van der Waals surface area contributed by atoms with Crippen molar-refractivity contribution in [3.63, 3.8) is 0 Å². The second-order valence-corrected chi connectivity index (χ2v) is 7.91. The second-order valence-electron chi connectivity index (χ2n) is 6.97. The molecule has 8 heteroatoms. The van der Waals surface area contributed by atoms with Gasteiger partial charge < -0.3 is 14.8 Å². The van der Waals surface area contributed by atoms with Crippen molar-refractivity contribution in [2.45, 2.75) is 49.7 Å². The van der Waals surface area contributed by atoms with E-state index in [1.54, 1.807) is 0 Å². The van der Waals surface area contributed by atoms with Crippen molar-refractivity contribution in [3.05, 3.63) is 29.6 Å². The molecule has 2 heterocycles. The summed E-state index contributed by atoms with van der Waals surface area (Å²) in [6, 6.07) is 5.65. The normalized spacial score (nSPS) is 17.7. The third-order valence-electron chi connectivity index (χ3n) is 5.00. The Hall–Kier alpha value is -2.22. The number of hydrogen-bond acceptors (Lipinski definition) is 6. The van der Waals surface area contributed by atoms with E-state index in [1.165, 1.54) is 37.4 Å². The number of thioether (sulfide) groups is 1. The van der Waals surface area contributed by atoms with Crippen LogP contribution in [0.15, 0.2) is 23.4 Å². The molecular weight excluding hydrogens is 364 g/mol. The molecule has 1 unspecified atom stereocenters. The fourth-order valence-electron chi connectivity index (χ4n) is 3.53. The SMILES string of the molecule is CC(NC(=O)CSc1n[nH]c(C2CCCC2)n1)c1ccc2c(c1)OCCO2. The molecule has 7 nitrogen and oxygen atoms in total. The van der Waals surface area contributed by atoms with E-state index in [0.717, 1.165) is 22.9 Å². The summed E-state index contributed by atoms with van der Waals surface area (Å²) in [5.41, 5.74) is 0.985. The molecule has 1 aliphatic heterocycles. The van der Waals surface area contributed by atoms with Crippen LogP contribution in [0.25, 0.3) is 0 Å². The number of aromatic nitrogens is 3. The van der Waals surface area contributed by atoms with E-state index in [0.29, 0.717) is 24.3 Å².